The summed E-state index contributed by atoms with van der Waals surface area (Å²) in [7, 11) is 3.49. The van der Waals surface area contributed by atoms with Gasteiger partial charge >= 0.3 is 0 Å². The van der Waals surface area contributed by atoms with Gasteiger partial charge in [-0.15, -0.1) is 0 Å². The Kier molecular flexibility index (Phi) is 5.98. The molecule has 2 N–H and O–H groups in total. The van der Waals surface area contributed by atoms with E-state index in [1.807, 2.05) is 43.4 Å². The molecule has 0 saturated heterocycles. The summed E-state index contributed by atoms with van der Waals surface area (Å²) in [5.41, 5.74) is 3.06. The lowest BCUT2D eigenvalue weighted by molar-refractivity contribution is -0.116. The van der Waals surface area contributed by atoms with Gasteiger partial charge in [0.2, 0.25) is 5.91 Å². The SMILES string of the molecule is CNCCC(=O)Nc1ccc(OC)c(Cc2ccccc2)c1. The first-order valence-corrected chi connectivity index (χ1v) is 7.38. The van der Waals surface area contributed by atoms with Crippen LogP contribution in [0.2, 0.25) is 0 Å². The van der Waals surface area contributed by atoms with Crippen LogP contribution >= 0.6 is 0 Å². The van der Waals surface area contributed by atoms with Gasteiger partial charge in [0.05, 0.1) is 7.11 Å². The van der Waals surface area contributed by atoms with Crippen molar-refractivity contribution < 1.29 is 9.53 Å². The zero-order valence-electron chi connectivity index (χ0n) is 13.1. The van der Waals surface area contributed by atoms with Crippen LogP contribution in [0.3, 0.4) is 0 Å². The van der Waals surface area contributed by atoms with Gasteiger partial charge in [0, 0.05) is 30.6 Å². The van der Waals surface area contributed by atoms with Crippen LogP contribution in [0.25, 0.3) is 0 Å². The fraction of sp³-hybridized carbons (Fsp3) is 0.278. The van der Waals surface area contributed by atoms with Crippen molar-refractivity contribution in [3.8, 4) is 5.75 Å². The van der Waals surface area contributed by atoms with E-state index in [1.54, 1.807) is 7.11 Å². The summed E-state index contributed by atoms with van der Waals surface area (Å²) in [5, 5.41) is 5.89. The number of nitrogens with one attached hydrogen (secondary N) is 2. The van der Waals surface area contributed by atoms with Gasteiger partial charge in [0.15, 0.2) is 0 Å². The highest BCUT2D eigenvalue weighted by Gasteiger charge is 2.08. The van der Waals surface area contributed by atoms with Gasteiger partial charge in [0.25, 0.3) is 0 Å². The zero-order valence-corrected chi connectivity index (χ0v) is 13.1. The fourth-order valence-corrected chi connectivity index (χ4v) is 2.27. The van der Waals surface area contributed by atoms with E-state index in [0.29, 0.717) is 13.0 Å². The second-order valence-corrected chi connectivity index (χ2v) is 5.09. The summed E-state index contributed by atoms with van der Waals surface area (Å²) < 4.78 is 5.42. The summed E-state index contributed by atoms with van der Waals surface area (Å²) in [6.45, 7) is 0.666. The lowest BCUT2D eigenvalue weighted by atomic mass is 10.0. The van der Waals surface area contributed by atoms with E-state index in [4.69, 9.17) is 4.74 Å². The molecule has 0 fully saturated rings. The third-order valence-electron chi connectivity index (χ3n) is 3.40. The lowest BCUT2D eigenvalue weighted by Crippen LogP contribution is -2.18. The molecule has 0 atom stereocenters. The number of carbonyl (C=O) groups excluding carboxylic acids is 1. The average molecular weight is 298 g/mol. The van der Waals surface area contributed by atoms with Crippen LogP contribution in [0.4, 0.5) is 5.69 Å². The number of anilines is 1. The van der Waals surface area contributed by atoms with Crippen molar-refractivity contribution in [2.24, 2.45) is 0 Å². The summed E-state index contributed by atoms with van der Waals surface area (Å²) in [5.74, 6) is 0.835. The quantitative estimate of drug-likeness (QED) is 0.826. The zero-order chi connectivity index (χ0) is 15.8. The maximum absolute atomic E-state index is 11.8. The topological polar surface area (TPSA) is 50.4 Å². The molecule has 0 aromatic heterocycles. The normalized spacial score (nSPS) is 10.3. The van der Waals surface area contributed by atoms with Gasteiger partial charge in [-0.2, -0.15) is 0 Å². The van der Waals surface area contributed by atoms with E-state index in [9.17, 15) is 4.79 Å². The number of amides is 1. The largest absolute Gasteiger partial charge is 0.496 e. The number of rotatable bonds is 7. The van der Waals surface area contributed by atoms with Crippen molar-refractivity contribution >= 4 is 11.6 Å². The minimum absolute atomic E-state index is 0.00479. The van der Waals surface area contributed by atoms with Crippen molar-refractivity contribution in [3.63, 3.8) is 0 Å². The maximum Gasteiger partial charge on any atom is 0.225 e. The first-order chi connectivity index (χ1) is 10.7. The Morgan fingerprint density at radius 2 is 1.91 bits per heavy atom. The standard InChI is InChI=1S/C18H22N2O2/c1-19-11-10-18(21)20-16-8-9-17(22-2)15(13-16)12-14-6-4-3-5-7-14/h3-9,13,19H,10-12H2,1-2H3,(H,20,21). The highest BCUT2D eigenvalue weighted by atomic mass is 16.5. The molecule has 2 rings (SSSR count). The molecule has 0 unspecified atom stereocenters. The number of methoxy groups -OCH3 is 1. The molecular formula is C18H22N2O2. The van der Waals surface area contributed by atoms with Gasteiger partial charge < -0.3 is 15.4 Å². The molecule has 0 aliphatic rings. The molecule has 0 aliphatic heterocycles. The second-order valence-electron chi connectivity index (χ2n) is 5.09. The molecule has 0 radical (unpaired) electrons. The number of carbonyl (C=O) groups is 1. The maximum atomic E-state index is 11.8. The van der Waals surface area contributed by atoms with Crippen LogP contribution in [0.15, 0.2) is 48.5 Å². The highest BCUT2D eigenvalue weighted by Crippen LogP contribution is 2.25. The van der Waals surface area contributed by atoms with Crippen molar-refractivity contribution in [3.05, 3.63) is 59.7 Å². The molecule has 4 heteroatoms. The smallest absolute Gasteiger partial charge is 0.225 e. The average Bonchev–Trinajstić information content (AvgIpc) is 2.54. The Hall–Kier alpha value is -2.33. The van der Waals surface area contributed by atoms with E-state index in [2.05, 4.69) is 22.8 Å². The van der Waals surface area contributed by atoms with Crippen molar-refractivity contribution in [1.82, 2.24) is 5.32 Å². The first-order valence-electron chi connectivity index (χ1n) is 7.38. The Morgan fingerprint density at radius 1 is 1.14 bits per heavy atom. The van der Waals surface area contributed by atoms with Gasteiger partial charge in [-0.25, -0.2) is 0 Å². The van der Waals surface area contributed by atoms with E-state index in [0.717, 1.165) is 23.4 Å². The monoisotopic (exact) mass is 298 g/mol. The number of benzene rings is 2. The Balaban J connectivity index is 2.14. The van der Waals surface area contributed by atoms with E-state index in [-0.39, 0.29) is 5.91 Å². The highest BCUT2D eigenvalue weighted by molar-refractivity contribution is 5.91. The number of ether oxygens (including phenoxy) is 1. The summed E-state index contributed by atoms with van der Waals surface area (Å²) in [4.78, 5) is 11.8. The van der Waals surface area contributed by atoms with Gasteiger partial charge in [-0.05, 0) is 30.8 Å². The third kappa shape index (κ3) is 4.60. The minimum atomic E-state index is 0.00479. The molecule has 0 bridgehead atoms. The molecule has 2 aromatic carbocycles. The molecule has 22 heavy (non-hydrogen) atoms. The van der Waals surface area contributed by atoms with Gasteiger partial charge in [0.1, 0.15) is 5.75 Å². The van der Waals surface area contributed by atoms with Crippen LogP contribution in [-0.2, 0) is 11.2 Å². The number of hydrogen-bond donors (Lipinski definition) is 2. The third-order valence-corrected chi connectivity index (χ3v) is 3.40. The van der Waals surface area contributed by atoms with Crippen LogP contribution in [0.5, 0.6) is 5.75 Å². The van der Waals surface area contributed by atoms with E-state index in [1.165, 1.54) is 5.56 Å². The van der Waals surface area contributed by atoms with Gasteiger partial charge in [-0.1, -0.05) is 30.3 Å². The fourth-order valence-electron chi connectivity index (χ4n) is 2.27. The minimum Gasteiger partial charge on any atom is -0.496 e. The lowest BCUT2D eigenvalue weighted by Gasteiger charge is -2.12. The van der Waals surface area contributed by atoms with E-state index < -0.39 is 0 Å². The van der Waals surface area contributed by atoms with Crippen LogP contribution < -0.4 is 15.4 Å². The predicted octanol–water partition coefficient (Wildman–Crippen LogP) is 2.83. The summed E-state index contributed by atoms with van der Waals surface area (Å²) in [6.07, 6.45) is 1.22. The summed E-state index contributed by atoms with van der Waals surface area (Å²) in [6, 6.07) is 15.9. The first kappa shape index (κ1) is 16.0. The molecule has 0 aliphatic carbocycles. The molecule has 116 valence electrons. The molecule has 1 amide bonds. The second kappa shape index (κ2) is 8.20. The van der Waals surface area contributed by atoms with E-state index >= 15 is 0 Å². The van der Waals surface area contributed by atoms with Crippen molar-refractivity contribution in [2.45, 2.75) is 12.8 Å². The Morgan fingerprint density at radius 3 is 2.59 bits per heavy atom. The molecule has 0 spiro atoms. The Labute approximate surface area is 131 Å². The van der Waals surface area contributed by atoms with Crippen LogP contribution in [-0.4, -0.2) is 26.6 Å². The van der Waals surface area contributed by atoms with Crippen LogP contribution in [0, 0.1) is 0 Å². The van der Waals surface area contributed by atoms with Crippen molar-refractivity contribution in [2.75, 3.05) is 26.0 Å². The molecule has 0 heterocycles. The van der Waals surface area contributed by atoms with Crippen LogP contribution in [0.1, 0.15) is 17.5 Å². The molecule has 0 saturated carbocycles. The van der Waals surface area contributed by atoms with Gasteiger partial charge in [-0.3, -0.25) is 4.79 Å². The summed E-state index contributed by atoms with van der Waals surface area (Å²) >= 11 is 0. The molecule has 4 nitrogen and oxygen atoms in total. The Bertz CT molecular complexity index is 612. The van der Waals surface area contributed by atoms with Crippen molar-refractivity contribution in [1.29, 1.82) is 0 Å². The molecule has 2 aromatic rings. The molecular weight excluding hydrogens is 276 g/mol. The number of hydrogen-bond acceptors (Lipinski definition) is 3. The predicted molar refractivity (Wildman–Crippen MR) is 89.4 cm³/mol.